The maximum Gasteiger partial charge on any atom is 0.229 e. The number of nitrogens with zero attached hydrogens (tertiary/aromatic N) is 13. The summed E-state index contributed by atoms with van der Waals surface area (Å²) in [5.74, 6) is 4.95. The van der Waals surface area contributed by atoms with Crippen LogP contribution < -0.4 is 71.8 Å². The molecule has 0 unspecified atom stereocenters. The van der Waals surface area contributed by atoms with Gasteiger partial charge in [0.2, 0.25) is 17.8 Å². The van der Waals surface area contributed by atoms with E-state index in [1.807, 2.05) is 92.7 Å². The molecule has 0 atom stereocenters. The number of hydrogen-bond donors (Lipinski definition) is 6. The number of likely N-dealkylation sites (N-methyl/N-ethyl adjacent to an activating group) is 3. The van der Waals surface area contributed by atoms with Crippen molar-refractivity contribution in [3.63, 3.8) is 0 Å². The Bertz CT molecular complexity index is 4980. The van der Waals surface area contributed by atoms with Gasteiger partial charge in [0, 0.05) is 155 Å². The monoisotopic (exact) mass is 1720 g/mol. The van der Waals surface area contributed by atoms with Crippen molar-refractivity contribution in [2.75, 3.05) is 209 Å². The fourth-order valence-corrected chi connectivity index (χ4v) is 19.9. The van der Waals surface area contributed by atoms with Gasteiger partial charge in [0.05, 0.1) is 72.5 Å². The summed E-state index contributed by atoms with van der Waals surface area (Å²) in [6.45, 7) is 29.7. The summed E-state index contributed by atoms with van der Waals surface area (Å²) in [6, 6.07) is 39.4. The number of piperazine rings is 3. The minimum Gasteiger partial charge on any atom is -0.495 e. The molecule has 0 spiro atoms. The summed E-state index contributed by atoms with van der Waals surface area (Å²) in [4.78, 5) is 44.9. The second-order valence-corrected chi connectivity index (χ2v) is 43.4. The zero-order valence-corrected chi connectivity index (χ0v) is 74.9. The second kappa shape index (κ2) is 39.3. The van der Waals surface area contributed by atoms with Crippen LogP contribution in [0.5, 0.6) is 17.2 Å². The van der Waals surface area contributed by atoms with Gasteiger partial charge in [-0.05, 0) is 204 Å². The smallest absolute Gasteiger partial charge is 0.229 e. The fourth-order valence-electron chi connectivity index (χ4n) is 16.1. The van der Waals surface area contributed by atoms with E-state index in [4.69, 9.17) is 47.4 Å². The first kappa shape index (κ1) is 87.9. The van der Waals surface area contributed by atoms with Crippen molar-refractivity contribution in [3.8, 4) is 17.2 Å². The summed E-state index contributed by atoms with van der Waals surface area (Å²) in [6.07, 6.45) is 15.0. The topological polar surface area (TPSA) is 251 Å². The average Bonchev–Trinajstić information content (AvgIpc) is 1.78. The number of nitrogens with one attached hydrogen (secondary N) is 6. The Morgan fingerprint density at radius 3 is 1.39 bits per heavy atom. The van der Waals surface area contributed by atoms with Crippen LogP contribution in [0.3, 0.4) is 0 Å². The van der Waals surface area contributed by atoms with Crippen LogP contribution in [-0.2, 0) is 20.1 Å². The summed E-state index contributed by atoms with van der Waals surface area (Å²) in [7, 11) is 2.17. The number of hydrogen-bond acceptors (Lipinski definition) is 25. The number of para-hydroxylation sites is 2. The molecule has 0 bridgehead atoms. The zero-order chi connectivity index (χ0) is 84.3. The van der Waals surface area contributed by atoms with Crippen molar-refractivity contribution in [2.45, 2.75) is 82.9 Å². The number of anilines is 14. The molecule has 2 aliphatic carbocycles. The molecule has 4 aliphatic heterocycles. The highest BCUT2D eigenvalue weighted by atomic mass is 35.5. The number of allylic oxidation sites excluding steroid dienone is 1. The van der Waals surface area contributed by atoms with E-state index in [2.05, 4.69) is 144 Å². The molecule has 4 saturated heterocycles. The van der Waals surface area contributed by atoms with E-state index in [0.717, 1.165) is 120 Å². The Balaban J connectivity index is 0.000000155. The Kier molecular flexibility index (Phi) is 29.0. The lowest BCUT2D eigenvalue weighted by Gasteiger charge is -2.42. The summed E-state index contributed by atoms with van der Waals surface area (Å²) in [5.41, 5.74) is 9.64. The Morgan fingerprint density at radius 2 is 0.874 bits per heavy atom. The maximum atomic E-state index is 14.0. The first-order chi connectivity index (χ1) is 57.0. The molecule has 25 nitrogen and oxygen atoms in total. The third kappa shape index (κ3) is 23.0. The summed E-state index contributed by atoms with van der Waals surface area (Å²) in [5, 5.41) is 22.4. The van der Waals surface area contributed by atoms with E-state index in [1.165, 1.54) is 95.5 Å². The second-order valence-electron chi connectivity index (χ2n) is 33.0. The minimum atomic E-state index is -2.75. The lowest BCUT2D eigenvalue weighted by atomic mass is 9.81. The number of methoxy groups -OCH3 is 2. The molecule has 6 aliphatic rings. The molecule has 3 aromatic heterocycles. The normalized spacial score (nSPS) is 18.0. The summed E-state index contributed by atoms with van der Waals surface area (Å²) >= 11 is 12.9. The van der Waals surface area contributed by atoms with Gasteiger partial charge < -0.3 is 84.3 Å². The molecule has 5 fully saturated rings. The van der Waals surface area contributed by atoms with Crippen LogP contribution in [0.15, 0.2) is 140 Å². The van der Waals surface area contributed by atoms with Crippen molar-refractivity contribution in [3.05, 3.63) is 172 Å². The van der Waals surface area contributed by atoms with Crippen molar-refractivity contribution in [2.24, 2.45) is 0 Å². The van der Waals surface area contributed by atoms with E-state index >= 15 is 0 Å². The first-order valence-electron chi connectivity index (χ1n) is 41.1. The predicted molar refractivity (Wildman–Crippen MR) is 491 cm³/mol. The van der Waals surface area contributed by atoms with E-state index in [9.17, 15) is 18.1 Å². The highest BCUT2D eigenvalue weighted by Gasteiger charge is 2.32. The molecular weight excluding hydrogens is 1600 g/mol. The molecule has 0 amide bonds. The molecule has 119 heavy (non-hydrogen) atoms. The Hall–Kier alpha value is -8.90. The number of piperidine rings is 1. The van der Waals surface area contributed by atoms with E-state index < -0.39 is 27.2 Å². The third-order valence-corrected chi connectivity index (χ3v) is 28.0. The number of benzene rings is 6. The molecular formula is C88H115Cl2FN19O6P3. The highest BCUT2D eigenvalue weighted by molar-refractivity contribution is 7.71. The predicted octanol–water partition coefficient (Wildman–Crippen LogP) is 16.7. The van der Waals surface area contributed by atoms with Gasteiger partial charge in [-0.3, -0.25) is 9.80 Å². The van der Waals surface area contributed by atoms with Gasteiger partial charge in [0.25, 0.3) is 0 Å². The van der Waals surface area contributed by atoms with Crippen molar-refractivity contribution >= 4 is 147 Å². The fraction of sp³-hybridized carbons (Fsp3) is 0.432. The van der Waals surface area contributed by atoms with Crippen LogP contribution in [0, 0.1) is 5.82 Å². The quantitative estimate of drug-likeness (QED) is 0.0308. The lowest BCUT2D eigenvalue weighted by molar-refractivity contribution is 0.0878. The van der Waals surface area contributed by atoms with Crippen LogP contribution in [0.25, 0.3) is 6.08 Å². The average molecular weight is 1720 g/mol. The van der Waals surface area contributed by atoms with Crippen LogP contribution in [-0.4, -0.2) is 240 Å². The van der Waals surface area contributed by atoms with Gasteiger partial charge in [-0.15, -0.1) is 0 Å². The molecule has 634 valence electrons. The minimum absolute atomic E-state index is 0.00803. The van der Waals surface area contributed by atoms with Crippen molar-refractivity contribution < 1.29 is 32.3 Å². The standard InChI is InChI=1S/C30H40ClN6O2P.C29H39ClN7O2P.C29H36FN6O2P/c1-36-15-17-37(18-16-36)23-12-9-21(10-13-23)22-11-14-25(27(19-22)39-2)34-30-32-20-24(31)29(35-30)33-26-7-5-6-8-28(26)40(3,4)38;1-35-15-17-37(18-16-35)21-11-13-36(14-12-21)22-9-10-24(26(19-22)39-2)33-29-31-20-23(30)28(34-29)32-25-7-5-6-8-27(25)40(3,4)38;1-19(2)38-26-18-21(36-15-13-35(3)14-16-36)10-12-24(26)33-29-32-23-8-6-7-22(23)28(34-29)31-25-11-9-20(30)17-27(25)39(4,5)37/h5-8,11,14,19-21,23H,9-10,12-13,15-18H2,1-4H3,(H2,32,33,34,35);5-10,19-21H,11-18H2,1-4H3,(H2,31,32,33,34);6-7,9-12,17-19H,8,13-16H2,1-5H3,(H2,31,32,33,34). The van der Waals surface area contributed by atoms with Gasteiger partial charge in [-0.2, -0.15) is 15.0 Å². The van der Waals surface area contributed by atoms with Gasteiger partial charge in [-0.25, -0.2) is 19.3 Å². The number of fused-ring (bicyclic) bond motifs is 1. The van der Waals surface area contributed by atoms with Gasteiger partial charge in [0.1, 0.15) is 60.4 Å². The zero-order valence-electron chi connectivity index (χ0n) is 70.8. The largest absolute Gasteiger partial charge is 0.495 e. The maximum absolute atomic E-state index is 14.0. The van der Waals surface area contributed by atoms with Crippen molar-refractivity contribution in [1.82, 2.24) is 54.4 Å². The van der Waals surface area contributed by atoms with Crippen LogP contribution in [0.1, 0.15) is 75.1 Å². The Morgan fingerprint density at radius 1 is 0.445 bits per heavy atom. The SMILES string of the molecule is CC(C)Oc1cc(N2CCN(C)CC2)ccc1Nc1nc2c(c(Nc3ccc(F)cc3P(C)(C)=O)n1)C=CC2.COc1cc(C2CCC(N3CCN(C)CC3)CC2)ccc1Nc1ncc(Cl)c(Nc2ccccc2P(C)(C)=O)n1.COc1cc(N2CCC(N3CCN(C)CC3)CC2)ccc1Nc1ncc(Cl)c(Nc2ccccc2P(C)(C)=O)n1. The Labute approximate surface area is 711 Å². The molecule has 7 heterocycles. The number of ether oxygens (including phenoxy) is 3. The van der Waals surface area contributed by atoms with Gasteiger partial charge in [-0.1, -0.05) is 65.7 Å². The van der Waals surface area contributed by atoms with Gasteiger partial charge >= 0.3 is 0 Å². The van der Waals surface area contributed by atoms with Crippen LogP contribution >= 0.6 is 44.6 Å². The highest BCUT2D eigenvalue weighted by Crippen LogP contribution is 2.45. The van der Waals surface area contributed by atoms with Crippen LogP contribution in [0.2, 0.25) is 10.0 Å². The summed E-state index contributed by atoms with van der Waals surface area (Å²) < 4.78 is 70.3. The molecule has 9 aromatic rings. The number of halogens is 3. The molecule has 1 saturated carbocycles. The van der Waals surface area contributed by atoms with Crippen molar-refractivity contribution in [1.29, 1.82) is 0 Å². The molecule has 31 heteroatoms. The van der Waals surface area contributed by atoms with E-state index in [-0.39, 0.29) is 6.10 Å². The molecule has 0 radical (unpaired) electrons. The number of rotatable bonds is 24. The molecule has 6 N–H and O–H groups in total. The third-order valence-electron chi connectivity index (χ3n) is 22.8. The lowest BCUT2D eigenvalue weighted by Crippen LogP contribution is -2.52. The van der Waals surface area contributed by atoms with Gasteiger partial charge in [0.15, 0.2) is 11.6 Å². The van der Waals surface area contributed by atoms with E-state index in [1.54, 1.807) is 72.7 Å². The molecule has 15 rings (SSSR count). The number of aromatic nitrogens is 6. The first-order valence-corrected chi connectivity index (χ1v) is 49.6. The van der Waals surface area contributed by atoms with Crippen LogP contribution in [0.4, 0.5) is 85.2 Å². The van der Waals surface area contributed by atoms with E-state index in [0.29, 0.717) is 92.1 Å². The molecule has 6 aromatic carbocycles.